The summed E-state index contributed by atoms with van der Waals surface area (Å²) in [6.07, 6.45) is 6.73. The summed E-state index contributed by atoms with van der Waals surface area (Å²) in [5.41, 5.74) is 0.839. The van der Waals surface area contributed by atoms with Gasteiger partial charge in [0.2, 0.25) is 5.91 Å². The average Bonchev–Trinajstić information content (AvgIpc) is 2.97. The minimum absolute atomic E-state index is 0.0146. The van der Waals surface area contributed by atoms with Gasteiger partial charge in [-0.2, -0.15) is 0 Å². The first-order valence-electron chi connectivity index (χ1n) is 6.93. The first-order chi connectivity index (χ1) is 10.1. The normalized spacial score (nSPS) is 16.7. The Labute approximate surface area is 123 Å². The van der Waals surface area contributed by atoms with Gasteiger partial charge in [-0.1, -0.05) is 18.2 Å². The zero-order valence-corrected chi connectivity index (χ0v) is 12.0. The highest BCUT2D eigenvalue weighted by Gasteiger charge is 2.15. The van der Waals surface area contributed by atoms with Gasteiger partial charge in [-0.25, -0.2) is 4.79 Å². The minimum atomic E-state index is -1.05. The van der Waals surface area contributed by atoms with Crippen molar-refractivity contribution in [3.63, 3.8) is 0 Å². The summed E-state index contributed by atoms with van der Waals surface area (Å²) in [5, 5.41) is 11.9. The van der Waals surface area contributed by atoms with Crippen molar-refractivity contribution in [3.05, 3.63) is 41.5 Å². The number of amides is 1. The molecule has 1 aromatic carbocycles. The van der Waals surface area contributed by atoms with E-state index in [9.17, 15) is 9.59 Å². The van der Waals surface area contributed by atoms with E-state index in [-0.39, 0.29) is 11.5 Å². The maximum Gasteiger partial charge on any atom is 0.339 e. The van der Waals surface area contributed by atoms with Crippen molar-refractivity contribution in [3.8, 4) is 5.75 Å². The molecular weight excluding hydrogens is 270 g/mol. The third-order valence-electron chi connectivity index (χ3n) is 3.54. The highest BCUT2D eigenvalue weighted by Crippen LogP contribution is 2.21. The fourth-order valence-electron chi connectivity index (χ4n) is 2.41. The number of carboxylic acid groups (broad SMARTS) is 1. The molecule has 1 atom stereocenters. The molecule has 5 heteroatoms. The van der Waals surface area contributed by atoms with Crippen molar-refractivity contribution in [2.75, 3.05) is 7.11 Å². The Balaban J connectivity index is 1.93. The minimum Gasteiger partial charge on any atom is -0.496 e. The van der Waals surface area contributed by atoms with Crippen LogP contribution in [0, 0.1) is 5.92 Å². The van der Waals surface area contributed by atoms with E-state index in [1.54, 1.807) is 12.1 Å². The van der Waals surface area contributed by atoms with Gasteiger partial charge in [0.25, 0.3) is 0 Å². The Bertz CT molecular complexity index is 565. The van der Waals surface area contributed by atoms with Crippen LogP contribution in [0.4, 0.5) is 0 Å². The molecule has 0 aliphatic heterocycles. The molecule has 0 spiro atoms. The van der Waals surface area contributed by atoms with Crippen molar-refractivity contribution in [2.45, 2.75) is 25.8 Å². The monoisotopic (exact) mass is 289 g/mol. The summed E-state index contributed by atoms with van der Waals surface area (Å²) < 4.78 is 5.00. The van der Waals surface area contributed by atoms with Crippen LogP contribution in [-0.4, -0.2) is 24.1 Å². The first-order valence-corrected chi connectivity index (χ1v) is 6.93. The molecule has 0 saturated carbocycles. The Morgan fingerprint density at radius 1 is 1.43 bits per heavy atom. The third kappa shape index (κ3) is 4.08. The molecule has 21 heavy (non-hydrogen) atoms. The number of methoxy groups -OCH3 is 1. The summed E-state index contributed by atoms with van der Waals surface area (Å²) >= 11 is 0. The molecule has 2 N–H and O–H groups in total. The molecule has 0 bridgehead atoms. The number of hydrogen-bond acceptors (Lipinski definition) is 3. The number of nitrogens with one attached hydrogen (secondary N) is 1. The Hall–Kier alpha value is -2.30. The number of allylic oxidation sites excluding steroid dienone is 2. The van der Waals surface area contributed by atoms with Gasteiger partial charge < -0.3 is 15.2 Å². The van der Waals surface area contributed by atoms with Crippen molar-refractivity contribution in [1.82, 2.24) is 5.32 Å². The number of aromatic carboxylic acids is 1. The first kappa shape index (κ1) is 15.1. The van der Waals surface area contributed by atoms with Crippen LogP contribution in [-0.2, 0) is 11.3 Å². The van der Waals surface area contributed by atoms with Crippen LogP contribution in [0.5, 0.6) is 5.75 Å². The molecule has 1 amide bonds. The lowest BCUT2D eigenvalue weighted by Crippen LogP contribution is -2.24. The maximum atomic E-state index is 11.8. The smallest absolute Gasteiger partial charge is 0.339 e. The highest BCUT2D eigenvalue weighted by molar-refractivity contribution is 5.91. The van der Waals surface area contributed by atoms with Gasteiger partial charge in [-0.15, -0.1) is 0 Å². The van der Waals surface area contributed by atoms with Crippen LogP contribution < -0.4 is 10.1 Å². The van der Waals surface area contributed by atoms with Crippen LogP contribution >= 0.6 is 0 Å². The SMILES string of the molecule is COc1ccc(CNC(=O)C[C@H]2C=CCC2)cc1C(=O)O. The highest BCUT2D eigenvalue weighted by atomic mass is 16.5. The van der Waals surface area contributed by atoms with E-state index in [4.69, 9.17) is 9.84 Å². The molecule has 1 aliphatic rings. The summed E-state index contributed by atoms with van der Waals surface area (Å²) in [7, 11) is 1.43. The van der Waals surface area contributed by atoms with E-state index in [0.29, 0.717) is 24.6 Å². The number of carboxylic acids is 1. The topological polar surface area (TPSA) is 75.6 Å². The summed E-state index contributed by atoms with van der Waals surface area (Å²) in [5.74, 6) is -0.417. The largest absolute Gasteiger partial charge is 0.496 e. The molecular formula is C16H19NO4. The molecule has 2 rings (SSSR count). The van der Waals surface area contributed by atoms with Crippen LogP contribution in [0.2, 0.25) is 0 Å². The quantitative estimate of drug-likeness (QED) is 0.788. The molecule has 0 saturated heterocycles. The lowest BCUT2D eigenvalue weighted by Gasteiger charge is -2.10. The number of benzene rings is 1. The van der Waals surface area contributed by atoms with Gasteiger partial charge in [0, 0.05) is 13.0 Å². The molecule has 5 nitrogen and oxygen atoms in total. The van der Waals surface area contributed by atoms with Crippen molar-refractivity contribution in [1.29, 1.82) is 0 Å². The zero-order chi connectivity index (χ0) is 15.2. The van der Waals surface area contributed by atoms with Crippen molar-refractivity contribution in [2.24, 2.45) is 5.92 Å². The van der Waals surface area contributed by atoms with E-state index in [1.807, 2.05) is 0 Å². The number of carbonyl (C=O) groups excluding carboxylic acids is 1. The second-order valence-corrected chi connectivity index (χ2v) is 5.09. The molecule has 1 aliphatic carbocycles. The second-order valence-electron chi connectivity index (χ2n) is 5.09. The number of rotatable bonds is 6. The maximum absolute atomic E-state index is 11.8. The predicted molar refractivity (Wildman–Crippen MR) is 78.3 cm³/mol. The predicted octanol–water partition coefficient (Wildman–Crippen LogP) is 2.37. The van der Waals surface area contributed by atoms with Gasteiger partial charge in [0.15, 0.2) is 0 Å². The average molecular weight is 289 g/mol. The standard InChI is InChI=1S/C16H19NO4/c1-21-14-7-6-12(8-13(14)16(19)20)10-17-15(18)9-11-4-2-3-5-11/h2,4,6-8,11H,3,5,9-10H2,1H3,(H,17,18)(H,19,20)/t11-/m0/s1. The Morgan fingerprint density at radius 2 is 2.24 bits per heavy atom. The van der Waals surface area contributed by atoms with E-state index in [1.165, 1.54) is 13.2 Å². The van der Waals surface area contributed by atoms with Gasteiger partial charge >= 0.3 is 5.97 Å². The van der Waals surface area contributed by atoms with E-state index in [2.05, 4.69) is 17.5 Å². The van der Waals surface area contributed by atoms with Gasteiger partial charge in [-0.05, 0) is 36.5 Å². The van der Waals surface area contributed by atoms with E-state index in [0.717, 1.165) is 18.4 Å². The molecule has 0 unspecified atom stereocenters. The molecule has 0 radical (unpaired) electrons. The van der Waals surface area contributed by atoms with E-state index >= 15 is 0 Å². The van der Waals surface area contributed by atoms with Crippen LogP contribution in [0.1, 0.15) is 35.2 Å². The third-order valence-corrected chi connectivity index (χ3v) is 3.54. The summed E-state index contributed by atoms with van der Waals surface area (Å²) in [4.78, 5) is 23.0. The van der Waals surface area contributed by atoms with Crippen LogP contribution in [0.15, 0.2) is 30.4 Å². The fourth-order valence-corrected chi connectivity index (χ4v) is 2.41. The zero-order valence-electron chi connectivity index (χ0n) is 12.0. The number of carbonyl (C=O) groups is 2. The fraction of sp³-hybridized carbons (Fsp3) is 0.375. The van der Waals surface area contributed by atoms with Crippen LogP contribution in [0.25, 0.3) is 0 Å². The molecule has 0 heterocycles. The number of hydrogen-bond donors (Lipinski definition) is 2. The van der Waals surface area contributed by atoms with Gasteiger partial charge in [0.05, 0.1) is 7.11 Å². The van der Waals surface area contributed by atoms with Crippen molar-refractivity contribution < 1.29 is 19.4 Å². The molecule has 0 aromatic heterocycles. The number of ether oxygens (including phenoxy) is 1. The molecule has 112 valence electrons. The second kappa shape index (κ2) is 6.92. The lowest BCUT2D eigenvalue weighted by molar-refractivity contribution is -0.121. The summed E-state index contributed by atoms with van der Waals surface area (Å²) in [6, 6.07) is 4.88. The van der Waals surface area contributed by atoms with Crippen LogP contribution in [0.3, 0.4) is 0 Å². The lowest BCUT2D eigenvalue weighted by atomic mass is 10.0. The van der Waals surface area contributed by atoms with Crippen molar-refractivity contribution >= 4 is 11.9 Å². The molecule has 0 fully saturated rings. The summed E-state index contributed by atoms with van der Waals surface area (Å²) in [6.45, 7) is 0.319. The molecule has 1 aromatic rings. The Kier molecular flexibility index (Phi) is 4.98. The Morgan fingerprint density at radius 3 is 2.86 bits per heavy atom. The van der Waals surface area contributed by atoms with E-state index < -0.39 is 5.97 Å². The van der Waals surface area contributed by atoms with Gasteiger partial charge in [0.1, 0.15) is 11.3 Å². The van der Waals surface area contributed by atoms with Gasteiger partial charge in [-0.3, -0.25) is 4.79 Å².